The van der Waals surface area contributed by atoms with E-state index in [1.807, 2.05) is 0 Å². The second-order valence-electron chi connectivity index (χ2n) is 5.20. The molecule has 0 aliphatic carbocycles. The van der Waals surface area contributed by atoms with Crippen LogP contribution in [0.15, 0.2) is 12.7 Å². The largest absolute Gasteiger partial charge is 0.465 e. The third-order valence-corrected chi connectivity index (χ3v) is 4.25. The van der Waals surface area contributed by atoms with E-state index in [0.717, 1.165) is 11.0 Å². The lowest BCUT2D eigenvalue weighted by molar-refractivity contribution is -0.238. The van der Waals surface area contributed by atoms with E-state index in [1.165, 1.54) is 11.8 Å². The lowest BCUT2D eigenvalue weighted by Crippen LogP contribution is -2.73. The second kappa shape index (κ2) is 4.18. The summed E-state index contributed by atoms with van der Waals surface area (Å²) in [5, 5.41) is 8.89. The zero-order chi connectivity index (χ0) is 14.4. The second-order valence-corrected chi connectivity index (χ2v) is 5.20. The molecule has 0 aromatic carbocycles. The van der Waals surface area contributed by atoms with Gasteiger partial charge in [0.25, 0.3) is 5.92 Å². The van der Waals surface area contributed by atoms with Crippen molar-refractivity contribution in [1.29, 1.82) is 0 Å². The third-order valence-electron chi connectivity index (χ3n) is 4.25. The molecule has 0 bridgehead atoms. The smallest absolute Gasteiger partial charge is 0.407 e. The number of rotatable bonds is 1. The highest BCUT2D eigenvalue weighted by atomic mass is 19.3. The minimum absolute atomic E-state index is 0.0390. The van der Waals surface area contributed by atoms with E-state index >= 15 is 0 Å². The van der Waals surface area contributed by atoms with Crippen LogP contribution in [0.5, 0.6) is 0 Å². The SMILES string of the molecule is C=CC(=O)N1CC2(CCN(C(=O)O)[C@@H](C)C2(F)F)C1. The van der Waals surface area contributed by atoms with Crippen molar-refractivity contribution in [1.82, 2.24) is 9.80 Å². The Bertz CT molecular complexity index is 433. The van der Waals surface area contributed by atoms with Crippen molar-refractivity contribution in [2.24, 2.45) is 5.41 Å². The van der Waals surface area contributed by atoms with E-state index < -0.39 is 23.5 Å². The van der Waals surface area contributed by atoms with Gasteiger partial charge in [-0.3, -0.25) is 9.69 Å². The van der Waals surface area contributed by atoms with E-state index in [1.54, 1.807) is 0 Å². The van der Waals surface area contributed by atoms with E-state index in [4.69, 9.17) is 5.11 Å². The summed E-state index contributed by atoms with van der Waals surface area (Å²) in [4.78, 5) is 24.3. The standard InChI is InChI=1S/C12H16F2N2O3/c1-3-9(17)15-6-11(7-15)4-5-16(10(18)19)8(2)12(11,13)14/h3,8H,1,4-7H2,2H3,(H,18,19)/t8-/m0/s1. The highest BCUT2D eigenvalue weighted by Gasteiger charge is 2.66. The van der Waals surface area contributed by atoms with Crippen LogP contribution in [0.3, 0.4) is 0 Å². The van der Waals surface area contributed by atoms with Crippen LogP contribution in [-0.4, -0.2) is 58.5 Å². The molecule has 1 spiro atoms. The molecule has 1 atom stereocenters. The van der Waals surface area contributed by atoms with Crippen molar-refractivity contribution in [3.05, 3.63) is 12.7 Å². The molecule has 2 saturated heterocycles. The maximum absolute atomic E-state index is 14.4. The number of likely N-dealkylation sites (tertiary alicyclic amines) is 2. The molecule has 106 valence electrons. The van der Waals surface area contributed by atoms with Crippen LogP contribution in [0, 0.1) is 5.41 Å². The first-order valence-corrected chi connectivity index (χ1v) is 6.04. The van der Waals surface area contributed by atoms with Crippen molar-refractivity contribution in [3.8, 4) is 0 Å². The molecule has 2 fully saturated rings. The number of carbonyl (C=O) groups excluding carboxylic acids is 1. The molecule has 2 rings (SSSR count). The van der Waals surface area contributed by atoms with Gasteiger partial charge in [0.05, 0.1) is 11.5 Å². The number of piperidine rings is 1. The van der Waals surface area contributed by atoms with Crippen molar-refractivity contribution in [2.75, 3.05) is 19.6 Å². The van der Waals surface area contributed by atoms with Gasteiger partial charge in [0.2, 0.25) is 5.91 Å². The van der Waals surface area contributed by atoms with Crippen molar-refractivity contribution in [3.63, 3.8) is 0 Å². The lowest BCUT2D eigenvalue weighted by atomic mass is 9.66. The lowest BCUT2D eigenvalue weighted by Gasteiger charge is -2.58. The van der Waals surface area contributed by atoms with E-state index in [2.05, 4.69) is 6.58 Å². The van der Waals surface area contributed by atoms with Gasteiger partial charge in [-0.1, -0.05) is 6.58 Å². The predicted octanol–water partition coefficient (Wildman–Crippen LogP) is 1.41. The maximum atomic E-state index is 14.4. The number of nitrogens with zero attached hydrogens (tertiary/aromatic N) is 2. The van der Waals surface area contributed by atoms with Crippen LogP contribution < -0.4 is 0 Å². The van der Waals surface area contributed by atoms with Crippen molar-refractivity contribution in [2.45, 2.75) is 25.3 Å². The molecule has 2 heterocycles. The molecule has 0 aromatic rings. The van der Waals surface area contributed by atoms with Gasteiger partial charge in [0, 0.05) is 19.6 Å². The quantitative estimate of drug-likeness (QED) is 0.735. The van der Waals surface area contributed by atoms with Gasteiger partial charge in [-0.15, -0.1) is 0 Å². The summed E-state index contributed by atoms with van der Waals surface area (Å²) in [6, 6.07) is -1.38. The topological polar surface area (TPSA) is 60.9 Å². The zero-order valence-corrected chi connectivity index (χ0v) is 10.6. The van der Waals surface area contributed by atoms with Gasteiger partial charge in [-0.05, 0) is 19.4 Å². The summed E-state index contributed by atoms with van der Waals surface area (Å²) in [6.45, 7) is 4.53. The maximum Gasteiger partial charge on any atom is 0.407 e. The zero-order valence-electron chi connectivity index (χ0n) is 10.6. The Morgan fingerprint density at radius 2 is 2.00 bits per heavy atom. The Labute approximate surface area is 109 Å². The molecule has 1 N–H and O–H groups in total. The molecule has 5 nitrogen and oxygen atoms in total. The summed E-state index contributed by atoms with van der Waals surface area (Å²) < 4.78 is 28.8. The third kappa shape index (κ3) is 1.79. The highest BCUT2D eigenvalue weighted by Crippen LogP contribution is 2.52. The molecule has 0 unspecified atom stereocenters. The van der Waals surface area contributed by atoms with Crippen LogP contribution in [0.25, 0.3) is 0 Å². The minimum atomic E-state index is -3.14. The predicted molar refractivity (Wildman–Crippen MR) is 63.0 cm³/mol. The number of carboxylic acid groups (broad SMARTS) is 1. The number of carbonyl (C=O) groups is 2. The number of hydrogen-bond acceptors (Lipinski definition) is 2. The van der Waals surface area contributed by atoms with E-state index in [0.29, 0.717) is 0 Å². The first-order valence-electron chi connectivity index (χ1n) is 6.04. The molecular weight excluding hydrogens is 258 g/mol. The van der Waals surface area contributed by atoms with Crippen LogP contribution in [0.2, 0.25) is 0 Å². The molecule has 0 saturated carbocycles. The van der Waals surface area contributed by atoms with Gasteiger partial charge < -0.3 is 10.0 Å². The van der Waals surface area contributed by atoms with Gasteiger partial charge in [-0.25, -0.2) is 13.6 Å². The Morgan fingerprint density at radius 3 is 2.47 bits per heavy atom. The molecule has 0 radical (unpaired) electrons. The Hall–Kier alpha value is -1.66. The molecule has 2 aliphatic heterocycles. The summed E-state index contributed by atoms with van der Waals surface area (Å²) in [5.41, 5.74) is -1.29. The summed E-state index contributed by atoms with van der Waals surface area (Å²) in [5.74, 6) is -3.50. The summed E-state index contributed by atoms with van der Waals surface area (Å²) in [6.07, 6.45) is -0.168. The highest BCUT2D eigenvalue weighted by molar-refractivity contribution is 5.87. The Balaban J connectivity index is 2.16. The number of amides is 2. The van der Waals surface area contributed by atoms with Gasteiger partial charge in [0.15, 0.2) is 0 Å². The fraction of sp³-hybridized carbons (Fsp3) is 0.667. The number of alkyl halides is 2. The van der Waals surface area contributed by atoms with Gasteiger partial charge >= 0.3 is 6.09 Å². The van der Waals surface area contributed by atoms with Crippen molar-refractivity contribution >= 4 is 12.0 Å². The fourth-order valence-electron chi connectivity index (χ4n) is 2.93. The molecule has 2 aliphatic rings. The van der Waals surface area contributed by atoms with Gasteiger partial charge in [-0.2, -0.15) is 0 Å². The van der Waals surface area contributed by atoms with E-state index in [9.17, 15) is 18.4 Å². The fourth-order valence-corrected chi connectivity index (χ4v) is 2.93. The van der Waals surface area contributed by atoms with Crippen LogP contribution in [-0.2, 0) is 4.79 Å². The average Bonchev–Trinajstić information content (AvgIpc) is 2.28. The monoisotopic (exact) mass is 274 g/mol. The first-order chi connectivity index (χ1) is 8.75. The molecule has 0 aromatic heterocycles. The van der Waals surface area contributed by atoms with E-state index in [-0.39, 0.29) is 32.0 Å². The molecular formula is C12H16F2N2O3. The Morgan fingerprint density at radius 1 is 1.42 bits per heavy atom. The normalized spacial score (nSPS) is 27.8. The van der Waals surface area contributed by atoms with Crippen LogP contribution >= 0.6 is 0 Å². The number of halogens is 2. The number of hydrogen-bond donors (Lipinski definition) is 1. The summed E-state index contributed by atoms with van der Waals surface area (Å²) >= 11 is 0. The minimum Gasteiger partial charge on any atom is -0.465 e. The van der Waals surface area contributed by atoms with Crippen LogP contribution in [0.1, 0.15) is 13.3 Å². The molecule has 2 amide bonds. The molecule has 19 heavy (non-hydrogen) atoms. The van der Waals surface area contributed by atoms with Crippen molar-refractivity contribution < 1.29 is 23.5 Å². The molecule has 7 heteroatoms. The average molecular weight is 274 g/mol. The Kier molecular flexibility index (Phi) is 3.03. The van der Waals surface area contributed by atoms with Crippen LogP contribution in [0.4, 0.5) is 13.6 Å². The van der Waals surface area contributed by atoms with Gasteiger partial charge in [0.1, 0.15) is 0 Å². The summed E-state index contributed by atoms with van der Waals surface area (Å²) in [7, 11) is 0. The first kappa shape index (κ1) is 13.8.